The van der Waals surface area contributed by atoms with Gasteiger partial charge in [0, 0.05) is 26.7 Å². The topological polar surface area (TPSA) is 71.6 Å². The molecule has 2 heterocycles. The number of nitrogens with zero attached hydrogens (tertiary/aromatic N) is 4. The van der Waals surface area contributed by atoms with Crippen LogP contribution in [0.5, 0.6) is 0 Å². The summed E-state index contributed by atoms with van der Waals surface area (Å²) in [6.45, 7) is 5.52. The van der Waals surface area contributed by atoms with E-state index in [4.69, 9.17) is 4.42 Å². The van der Waals surface area contributed by atoms with E-state index >= 15 is 0 Å². The van der Waals surface area contributed by atoms with E-state index in [0.29, 0.717) is 24.4 Å². The third-order valence-electron chi connectivity index (χ3n) is 3.65. The molecule has 1 amide bonds. The lowest BCUT2D eigenvalue weighted by molar-refractivity contribution is 0.0754. The summed E-state index contributed by atoms with van der Waals surface area (Å²) in [5, 5.41) is 0.260. The fourth-order valence-corrected chi connectivity index (χ4v) is 2.33. The molecule has 0 saturated carbocycles. The minimum Gasteiger partial charge on any atom is -0.442 e. The van der Waals surface area contributed by atoms with Crippen LogP contribution in [0, 0.1) is 6.92 Å². The monoisotopic (exact) mass is 306 g/mol. The summed E-state index contributed by atoms with van der Waals surface area (Å²) in [6.07, 6.45) is 1.39. The maximum absolute atomic E-state index is 12.8. The van der Waals surface area contributed by atoms with Crippen LogP contribution in [0.4, 0.5) is 0 Å². The Hall–Kier alpha value is -2.15. The number of hydrogen-bond donors (Lipinski definition) is 0. The Labute approximate surface area is 129 Å². The van der Waals surface area contributed by atoms with Crippen molar-refractivity contribution >= 4 is 17.0 Å². The zero-order chi connectivity index (χ0) is 16.4. The molecule has 7 nitrogen and oxygen atoms in total. The number of fused-ring (bicyclic) bond motifs is 1. The standard InChI is InChI=1S/C15H22N4O3/c1-6-19(8-7-17(3)4)15(21)11-10(2)22-13-12(11)14(20)18(5)9-16-13/h9H,6-8H2,1-5H3. The van der Waals surface area contributed by atoms with E-state index in [0.717, 1.165) is 6.54 Å². The number of rotatable bonds is 5. The Kier molecular flexibility index (Phi) is 4.65. The Morgan fingerprint density at radius 2 is 2.05 bits per heavy atom. The lowest BCUT2D eigenvalue weighted by Crippen LogP contribution is -2.37. The normalized spacial score (nSPS) is 11.4. The van der Waals surface area contributed by atoms with Crippen LogP contribution in [0.3, 0.4) is 0 Å². The summed E-state index contributed by atoms with van der Waals surface area (Å²) >= 11 is 0. The van der Waals surface area contributed by atoms with E-state index in [-0.39, 0.29) is 22.6 Å². The van der Waals surface area contributed by atoms with Crippen molar-refractivity contribution in [3.63, 3.8) is 0 Å². The average Bonchev–Trinajstić information content (AvgIpc) is 2.80. The van der Waals surface area contributed by atoms with Gasteiger partial charge in [0.25, 0.3) is 11.5 Å². The Bertz CT molecular complexity index is 745. The van der Waals surface area contributed by atoms with Crippen molar-refractivity contribution in [1.29, 1.82) is 0 Å². The maximum atomic E-state index is 12.8. The molecule has 0 atom stereocenters. The van der Waals surface area contributed by atoms with Crippen molar-refractivity contribution in [3.05, 3.63) is 28.0 Å². The summed E-state index contributed by atoms with van der Waals surface area (Å²) in [7, 11) is 5.52. The molecule has 0 N–H and O–H groups in total. The number of amides is 1. The van der Waals surface area contributed by atoms with Gasteiger partial charge in [0.15, 0.2) is 0 Å². The van der Waals surface area contributed by atoms with Gasteiger partial charge in [-0.3, -0.25) is 9.59 Å². The van der Waals surface area contributed by atoms with Gasteiger partial charge in [-0.15, -0.1) is 0 Å². The molecule has 2 aromatic rings. The molecule has 2 rings (SSSR count). The smallest absolute Gasteiger partial charge is 0.265 e. The van der Waals surface area contributed by atoms with Crippen molar-refractivity contribution in [1.82, 2.24) is 19.4 Å². The lowest BCUT2D eigenvalue weighted by Gasteiger charge is -2.22. The zero-order valence-electron chi connectivity index (χ0n) is 13.7. The van der Waals surface area contributed by atoms with Crippen LogP contribution in [0.2, 0.25) is 0 Å². The van der Waals surface area contributed by atoms with Crippen LogP contribution in [0.25, 0.3) is 11.1 Å². The van der Waals surface area contributed by atoms with Gasteiger partial charge in [-0.2, -0.15) is 0 Å². The molecule has 0 spiro atoms. The van der Waals surface area contributed by atoms with Crippen molar-refractivity contribution in [2.45, 2.75) is 13.8 Å². The Morgan fingerprint density at radius 3 is 2.64 bits per heavy atom. The van der Waals surface area contributed by atoms with Crippen LogP contribution >= 0.6 is 0 Å². The highest BCUT2D eigenvalue weighted by molar-refractivity contribution is 6.06. The molecule has 0 fully saturated rings. The minimum atomic E-state index is -0.270. The Morgan fingerprint density at radius 1 is 1.36 bits per heavy atom. The number of hydrogen-bond acceptors (Lipinski definition) is 5. The minimum absolute atomic E-state index is 0.189. The van der Waals surface area contributed by atoms with Crippen LogP contribution in [0.15, 0.2) is 15.5 Å². The summed E-state index contributed by atoms with van der Waals surface area (Å²) in [4.78, 5) is 33.0. The molecule has 0 aliphatic carbocycles. The van der Waals surface area contributed by atoms with Crippen molar-refractivity contribution in [2.75, 3.05) is 33.7 Å². The van der Waals surface area contributed by atoms with E-state index < -0.39 is 0 Å². The predicted molar refractivity (Wildman–Crippen MR) is 84.1 cm³/mol. The van der Waals surface area contributed by atoms with Gasteiger partial charge < -0.3 is 18.8 Å². The highest BCUT2D eigenvalue weighted by Crippen LogP contribution is 2.22. The number of aromatic nitrogens is 2. The molecule has 0 saturated heterocycles. The van der Waals surface area contributed by atoms with Gasteiger partial charge in [-0.1, -0.05) is 0 Å². The first-order valence-electron chi connectivity index (χ1n) is 7.25. The largest absolute Gasteiger partial charge is 0.442 e. The summed E-state index contributed by atoms with van der Waals surface area (Å²) in [5.74, 6) is 0.241. The van der Waals surface area contributed by atoms with E-state index in [1.54, 1.807) is 18.9 Å². The third kappa shape index (κ3) is 2.89. The highest BCUT2D eigenvalue weighted by Gasteiger charge is 2.25. The average molecular weight is 306 g/mol. The highest BCUT2D eigenvalue weighted by atomic mass is 16.3. The predicted octanol–water partition coefficient (Wildman–Crippen LogP) is 0.859. The molecule has 2 aromatic heterocycles. The molecule has 120 valence electrons. The van der Waals surface area contributed by atoms with Crippen LogP contribution < -0.4 is 5.56 Å². The molecule has 0 aliphatic heterocycles. The second-order valence-corrected chi connectivity index (χ2v) is 5.56. The van der Waals surface area contributed by atoms with Crippen molar-refractivity contribution < 1.29 is 9.21 Å². The zero-order valence-corrected chi connectivity index (χ0v) is 13.7. The number of carbonyl (C=O) groups is 1. The molecule has 22 heavy (non-hydrogen) atoms. The van der Waals surface area contributed by atoms with E-state index in [9.17, 15) is 9.59 Å². The second-order valence-electron chi connectivity index (χ2n) is 5.56. The molecule has 7 heteroatoms. The molecule has 0 unspecified atom stereocenters. The number of carbonyl (C=O) groups excluding carboxylic acids is 1. The summed E-state index contributed by atoms with van der Waals surface area (Å²) in [5.41, 5.74) is 0.269. The number of furan rings is 1. The van der Waals surface area contributed by atoms with Gasteiger partial charge in [0.2, 0.25) is 5.71 Å². The molecule has 0 aliphatic rings. The second kappa shape index (κ2) is 6.31. The van der Waals surface area contributed by atoms with Crippen LogP contribution in [-0.2, 0) is 7.05 Å². The first-order chi connectivity index (χ1) is 10.4. The SMILES string of the molecule is CCN(CCN(C)C)C(=O)c1c(C)oc2ncn(C)c(=O)c12. The lowest BCUT2D eigenvalue weighted by atomic mass is 10.1. The molecule has 0 radical (unpaired) electrons. The van der Waals surface area contributed by atoms with Crippen molar-refractivity contribution in [3.8, 4) is 0 Å². The van der Waals surface area contributed by atoms with Gasteiger partial charge in [-0.05, 0) is 27.9 Å². The first kappa shape index (κ1) is 16.2. The van der Waals surface area contributed by atoms with Gasteiger partial charge >= 0.3 is 0 Å². The number of aryl methyl sites for hydroxylation is 2. The first-order valence-corrected chi connectivity index (χ1v) is 7.25. The van der Waals surface area contributed by atoms with Crippen molar-refractivity contribution in [2.24, 2.45) is 7.05 Å². The number of likely N-dealkylation sites (N-methyl/N-ethyl adjacent to an activating group) is 2. The molecule has 0 bridgehead atoms. The van der Waals surface area contributed by atoms with Crippen LogP contribution in [-0.4, -0.2) is 59.0 Å². The van der Waals surface area contributed by atoms with E-state index in [1.807, 2.05) is 25.9 Å². The van der Waals surface area contributed by atoms with Gasteiger partial charge in [-0.25, -0.2) is 4.98 Å². The van der Waals surface area contributed by atoms with Gasteiger partial charge in [0.1, 0.15) is 17.5 Å². The quantitative estimate of drug-likeness (QED) is 0.819. The summed E-state index contributed by atoms with van der Waals surface area (Å²) < 4.78 is 6.85. The van der Waals surface area contributed by atoms with Crippen LogP contribution in [0.1, 0.15) is 23.0 Å². The maximum Gasteiger partial charge on any atom is 0.265 e. The molecular weight excluding hydrogens is 284 g/mol. The van der Waals surface area contributed by atoms with E-state index in [1.165, 1.54) is 10.9 Å². The molecular formula is C15H22N4O3. The van der Waals surface area contributed by atoms with Gasteiger partial charge in [0.05, 0.1) is 5.56 Å². The third-order valence-corrected chi connectivity index (χ3v) is 3.65. The fraction of sp³-hybridized carbons (Fsp3) is 0.533. The van der Waals surface area contributed by atoms with E-state index in [2.05, 4.69) is 4.98 Å². The Balaban J connectivity index is 2.49. The molecule has 0 aromatic carbocycles. The summed E-state index contributed by atoms with van der Waals surface area (Å²) in [6, 6.07) is 0. The fourth-order valence-electron chi connectivity index (χ4n) is 2.33.